The minimum Gasteiger partial charge on any atom is -0.396 e. The lowest BCUT2D eigenvalue weighted by atomic mass is 9.83. The first-order valence-electron chi connectivity index (χ1n) is 9.35. The number of aromatic nitrogens is 3. The molecular formula is C19H27N5O2. The molecule has 0 spiro atoms. The SMILES string of the molecule is O=C(NCc1ccc(-n2ccnc2)nc1)NC(CCO)C1CCCCC1. The van der Waals surface area contributed by atoms with Gasteiger partial charge in [-0.2, -0.15) is 0 Å². The fourth-order valence-corrected chi connectivity index (χ4v) is 3.57. The summed E-state index contributed by atoms with van der Waals surface area (Å²) in [6.07, 6.45) is 13.6. The van der Waals surface area contributed by atoms with Crippen LogP contribution in [0.5, 0.6) is 0 Å². The second kappa shape index (κ2) is 9.33. The van der Waals surface area contributed by atoms with Crippen LogP contribution in [-0.2, 0) is 6.54 Å². The van der Waals surface area contributed by atoms with Gasteiger partial charge < -0.3 is 15.7 Å². The molecule has 0 aromatic carbocycles. The van der Waals surface area contributed by atoms with E-state index in [9.17, 15) is 9.90 Å². The molecule has 26 heavy (non-hydrogen) atoms. The molecule has 7 heteroatoms. The molecule has 7 nitrogen and oxygen atoms in total. The van der Waals surface area contributed by atoms with E-state index in [1.165, 1.54) is 19.3 Å². The number of imidazole rings is 1. The summed E-state index contributed by atoms with van der Waals surface area (Å²) in [5.41, 5.74) is 0.931. The Labute approximate surface area is 153 Å². The number of nitrogens with one attached hydrogen (secondary N) is 2. The van der Waals surface area contributed by atoms with Gasteiger partial charge in [0.1, 0.15) is 12.1 Å². The highest BCUT2D eigenvalue weighted by molar-refractivity contribution is 5.74. The predicted molar refractivity (Wildman–Crippen MR) is 98.8 cm³/mol. The van der Waals surface area contributed by atoms with E-state index in [0.29, 0.717) is 18.9 Å². The van der Waals surface area contributed by atoms with E-state index in [1.807, 2.05) is 22.9 Å². The average molecular weight is 357 g/mol. The molecule has 0 bridgehead atoms. The van der Waals surface area contributed by atoms with Gasteiger partial charge >= 0.3 is 6.03 Å². The topological polar surface area (TPSA) is 92.1 Å². The molecule has 3 rings (SSSR count). The van der Waals surface area contributed by atoms with Crippen LogP contribution in [0.3, 0.4) is 0 Å². The van der Waals surface area contributed by atoms with Gasteiger partial charge in [-0.25, -0.2) is 14.8 Å². The number of hydrogen-bond donors (Lipinski definition) is 3. The molecule has 0 saturated heterocycles. The number of pyridine rings is 1. The second-order valence-corrected chi connectivity index (χ2v) is 6.84. The van der Waals surface area contributed by atoms with Crippen molar-refractivity contribution in [2.24, 2.45) is 5.92 Å². The van der Waals surface area contributed by atoms with E-state index >= 15 is 0 Å². The number of carbonyl (C=O) groups is 1. The zero-order chi connectivity index (χ0) is 18.2. The Morgan fingerprint density at radius 2 is 2.15 bits per heavy atom. The second-order valence-electron chi connectivity index (χ2n) is 6.84. The molecule has 0 radical (unpaired) electrons. The Morgan fingerprint density at radius 1 is 1.31 bits per heavy atom. The molecule has 1 saturated carbocycles. The van der Waals surface area contributed by atoms with Crippen LogP contribution in [0.15, 0.2) is 37.1 Å². The van der Waals surface area contributed by atoms with E-state index in [1.54, 1.807) is 18.7 Å². The first-order valence-corrected chi connectivity index (χ1v) is 9.35. The average Bonchev–Trinajstić information content (AvgIpc) is 3.22. The predicted octanol–water partition coefficient (Wildman–Crippen LogP) is 2.40. The molecule has 1 unspecified atom stereocenters. The van der Waals surface area contributed by atoms with Crippen molar-refractivity contribution in [3.05, 3.63) is 42.6 Å². The molecular weight excluding hydrogens is 330 g/mol. The number of hydrogen-bond acceptors (Lipinski definition) is 4. The van der Waals surface area contributed by atoms with E-state index < -0.39 is 0 Å². The van der Waals surface area contributed by atoms with Gasteiger partial charge in [0.05, 0.1) is 0 Å². The molecule has 1 aliphatic carbocycles. The quantitative estimate of drug-likeness (QED) is 0.709. The fraction of sp³-hybridized carbons (Fsp3) is 0.526. The Bertz CT molecular complexity index is 666. The normalized spacial score (nSPS) is 16.2. The summed E-state index contributed by atoms with van der Waals surface area (Å²) >= 11 is 0. The molecule has 0 aliphatic heterocycles. The maximum atomic E-state index is 12.3. The molecule has 2 aromatic rings. The molecule has 3 N–H and O–H groups in total. The Balaban J connectivity index is 1.49. The Kier molecular flexibility index (Phi) is 6.60. The largest absolute Gasteiger partial charge is 0.396 e. The Hall–Kier alpha value is -2.41. The number of urea groups is 1. The van der Waals surface area contributed by atoms with Gasteiger partial charge in [-0.05, 0) is 36.8 Å². The zero-order valence-corrected chi connectivity index (χ0v) is 15.0. The van der Waals surface area contributed by atoms with Crippen molar-refractivity contribution in [1.82, 2.24) is 25.2 Å². The number of rotatable bonds is 7. The Morgan fingerprint density at radius 3 is 2.81 bits per heavy atom. The maximum absolute atomic E-state index is 12.3. The molecule has 1 aliphatic rings. The minimum absolute atomic E-state index is 0.0436. The van der Waals surface area contributed by atoms with Crippen molar-refractivity contribution in [1.29, 1.82) is 0 Å². The molecule has 2 amide bonds. The van der Waals surface area contributed by atoms with Crippen LogP contribution in [0.1, 0.15) is 44.1 Å². The molecule has 2 aromatic heterocycles. The van der Waals surface area contributed by atoms with Crippen LogP contribution in [0.4, 0.5) is 4.79 Å². The van der Waals surface area contributed by atoms with Gasteiger partial charge in [0.2, 0.25) is 0 Å². The molecule has 2 heterocycles. The fourth-order valence-electron chi connectivity index (χ4n) is 3.57. The lowest BCUT2D eigenvalue weighted by Crippen LogP contribution is -2.46. The third-order valence-electron chi connectivity index (χ3n) is 5.01. The summed E-state index contributed by atoms with van der Waals surface area (Å²) in [5.74, 6) is 1.26. The highest BCUT2D eigenvalue weighted by Crippen LogP contribution is 2.27. The summed E-state index contributed by atoms with van der Waals surface area (Å²) < 4.78 is 1.83. The summed E-state index contributed by atoms with van der Waals surface area (Å²) in [5, 5.41) is 15.2. The highest BCUT2D eigenvalue weighted by Gasteiger charge is 2.24. The van der Waals surface area contributed by atoms with Crippen molar-refractivity contribution >= 4 is 6.03 Å². The van der Waals surface area contributed by atoms with Crippen LogP contribution in [-0.4, -0.2) is 38.3 Å². The number of aliphatic hydroxyl groups is 1. The third-order valence-corrected chi connectivity index (χ3v) is 5.01. The molecule has 140 valence electrons. The summed E-state index contributed by atoms with van der Waals surface area (Å²) in [6, 6.07) is 3.69. The van der Waals surface area contributed by atoms with Crippen molar-refractivity contribution in [2.75, 3.05) is 6.61 Å². The smallest absolute Gasteiger partial charge is 0.315 e. The zero-order valence-electron chi connectivity index (χ0n) is 15.0. The van der Waals surface area contributed by atoms with Crippen molar-refractivity contribution < 1.29 is 9.90 Å². The summed E-state index contributed by atoms with van der Waals surface area (Å²) in [7, 11) is 0. The van der Waals surface area contributed by atoms with E-state index in [-0.39, 0.29) is 18.7 Å². The van der Waals surface area contributed by atoms with Crippen LogP contribution >= 0.6 is 0 Å². The van der Waals surface area contributed by atoms with Gasteiger partial charge in [-0.15, -0.1) is 0 Å². The first-order chi connectivity index (χ1) is 12.8. The van der Waals surface area contributed by atoms with Crippen LogP contribution < -0.4 is 10.6 Å². The maximum Gasteiger partial charge on any atom is 0.315 e. The van der Waals surface area contributed by atoms with Crippen molar-refractivity contribution in [3.8, 4) is 5.82 Å². The summed E-state index contributed by atoms with van der Waals surface area (Å²) in [6.45, 7) is 0.515. The van der Waals surface area contributed by atoms with E-state index in [2.05, 4.69) is 20.6 Å². The number of amides is 2. The van der Waals surface area contributed by atoms with Gasteiger partial charge in [0.25, 0.3) is 0 Å². The van der Waals surface area contributed by atoms with Gasteiger partial charge in [-0.1, -0.05) is 25.3 Å². The van der Waals surface area contributed by atoms with Gasteiger partial charge in [-0.3, -0.25) is 4.57 Å². The lowest BCUT2D eigenvalue weighted by Gasteiger charge is -2.30. The lowest BCUT2D eigenvalue weighted by molar-refractivity contribution is 0.196. The van der Waals surface area contributed by atoms with Crippen molar-refractivity contribution in [3.63, 3.8) is 0 Å². The number of carbonyl (C=O) groups excluding carboxylic acids is 1. The highest BCUT2D eigenvalue weighted by atomic mass is 16.3. The first kappa shape index (κ1) is 18.4. The number of nitrogens with zero attached hydrogens (tertiary/aromatic N) is 3. The van der Waals surface area contributed by atoms with Crippen molar-refractivity contribution in [2.45, 2.75) is 51.1 Å². The number of aliphatic hydroxyl groups excluding tert-OH is 1. The minimum atomic E-state index is -0.187. The van der Waals surface area contributed by atoms with E-state index in [0.717, 1.165) is 24.2 Å². The standard InChI is InChI=1S/C19H27N5O2/c25-11-8-17(16-4-2-1-3-5-16)23-19(26)22-13-15-6-7-18(21-12-15)24-10-9-20-14-24/h6-7,9-10,12,14,16-17,25H,1-5,8,11,13H2,(H2,22,23,26). The third kappa shape index (κ3) is 5.05. The van der Waals surface area contributed by atoms with Gasteiger partial charge in [0, 0.05) is 37.8 Å². The molecule has 1 atom stereocenters. The molecule has 1 fully saturated rings. The van der Waals surface area contributed by atoms with Crippen LogP contribution in [0.25, 0.3) is 5.82 Å². The van der Waals surface area contributed by atoms with Crippen LogP contribution in [0.2, 0.25) is 0 Å². The van der Waals surface area contributed by atoms with Gasteiger partial charge in [0.15, 0.2) is 0 Å². The van der Waals surface area contributed by atoms with Crippen LogP contribution in [0, 0.1) is 5.92 Å². The summed E-state index contributed by atoms with van der Waals surface area (Å²) in [4.78, 5) is 20.6. The monoisotopic (exact) mass is 357 g/mol. The van der Waals surface area contributed by atoms with E-state index in [4.69, 9.17) is 0 Å².